The maximum atomic E-state index is 13.1. The molecule has 7 heteroatoms. The highest BCUT2D eigenvalue weighted by Crippen LogP contribution is 2.42. The molecule has 41 heavy (non-hydrogen) atoms. The predicted molar refractivity (Wildman–Crippen MR) is 171 cm³/mol. The van der Waals surface area contributed by atoms with Gasteiger partial charge < -0.3 is 20.1 Å². The van der Waals surface area contributed by atoms with E-state index in [1.54, 1.807) is 0 Å². The van der Waals surface area contributed by atoms with Crippen LogP contribution in [-0.2, 0) is 11.2 Å². The van der Waals surface area contributed by atoms with Gasteiger partial charge in [-0.15, -0.1) is 0 Å². The molecule has 2 aromatic heterocycles. The molecular formula is C34H39N5OS. The Bertz CT molecular complexity index is 1570. The lowest BCUT2D eigenvalue weighted by Crippen LogP contribution is -2.33. The third kappa shape index (κ3) is 5.64. The van der Waals surface area contributed by atoms with Gasteiger partial charge in [-0.3, -0.25) is 9.78 Å². The van der Waals surface area contributed by atoms with E-state index in [9.17, 15) is 4.79 Å². The number of amides is 1. The second-order valence-electron chi connectivity index (χ2n) is 11.0. The van der Waals surface area contributed by atoms with Gasteiger partial charge in [-0.25, -0.2) is 0 Å². The number of benzene rings is 2. The summed E-state index contributed by atoms with van der Waals surface area (Å²) in [6, 6.07) is 20.4. The van der Waals surface area contributed by atoms with Gasteiger partial charge in [0.05, 0.1) is 23.5 Å². The highest BCUT2D eigenvalue weighted by atomic mass is 32.1. The van der Waals surface area contributed by atoms with Gasteiger partial charge in [-0.2, -0.15) is 0 Å². The number of aromatic nitrogens is 2. The van der Waals surface area contributed by atoms with Crippen molar-refractivity contribution in [3.05, 3.63) is 112 Å². The van der Waals surface area contributed by atoms with E-state index in [1.165, 1.54) is 39.3 Å². The summed E-state index contributed by atoms with van der Waals surface area (Å²) < 4.78 is 2.36. The number of carbonyl (C=O) groups is 1. The molecule has 0 aliphatic carbocycles. The Hall–Kier alpha value is -3.97. The molecule has 0 bridgehead atoms. The lowest BCUT2D eigenvalue weighted by Gasteiger charge is -2.28. The third-order valence-electron chi connectivity index (χ3n) is 8.10. The Morgan fingerprint density at radius 2 is 1.71 bits per heavy atom. The lowest BCUT2D eigenvalue weighted by molar-refractivity contribution is -0.116. The van der Waals surface area contributed by atoms with Crippen molar-refractivity contribution in [2.24, 2.45) is 0 Å². The van der Waals surface area contributed by atoms with Crippen molar-refractivity contribution in [1.29, 1.82) is 0 Å². The predicted octanol–water partition coefficient (Wildman–Crippen LogP) is 6.98. The Morgan fingerprint density at radius 3 is 2.39 bits per heavy atom. The minimum atomic E-state index is -0.137. The Morgan fingerprint density at radius 1 is 1.00 bits per heavy atom. The van der Waals surface area contributed by atoms with E-state index in [4.69, 9.17) is 17.2 Å². The van der Waals surface area contributed by atoms with Gasteiger partial charge >= 0.3 is 0 Å². The molecule has 5 rings (SSSR count). The van der Waals surface area contributed by atoms with Crippen molar-refractivity contribution in [3.8, 4) is 5.69 Å². The molecule has 0 spiro atoms. The van der Waals surface area contributed by atoms with E-state index in [2.05, 4.69) is 85.9 Å². The van der Waals surface area contributed by atoms with E-state index in [0.717, 1.165) is 23.4 Å². The second kappa shape index (κ2) is 11.9. The van der Waals surface area contributed by atoms with Crippen LogP contribution in [-0.4, -0.2) is 32.0 Å². The fourth-order valence-corrected chi connectivity index (χ4v) is 6.66. The van der Waals surface area contributed by atoms with E-state index in [0.29, 0.717) is 18.1 Å². The first-order valence-corrected chi connectivity index (χ1v) is 14.7. The van der Waals surface area contributed by atoms with Crippen LogP contribution in [0.25, 0.3) is 5.69 Å². The van der Waals surface area contributed by atoms with Gasteiger partial charge in [0.25, 0.3) is 0 Å². The molecule has 2 atom stereocenters. The van der Waals surface area contributed by atoms with E-state index in [-0.39, 0.29) is 18.0 Å². The van der Waals surface area contributed by atoms with Gasteiger partial charge in [0.1, 0.15) is 0 Å². The zero-order valence-electron chi connectivity index (χ0n) is 24.8. The summed E-state index contributed by atoms with van der Waals surface area (Å²) >= 11 is 5.90. The van der Waals surface area contributed by atoms with Crippen LogP contribution in [0.3, 0.4) is 0 Å². The summed E-state index contributed by atoms with van der Waals surface area (Å²) in [5.74, 6) is -0.0230. The van der Waals surface area contributed by atoms with Crippen LogP contribution >= 0.6 is 12.2 Å². The molecule has 2 N–H and O–H groups in total. The molecule has 1 saturated heterocycles. The normalized spacial score (nSPS) is 16.6. The fourth-order valence-electron chi connectivity index (χ4n) is 6.33. The molecule has 1 aliphatic rings. The largest absolute Gasteiger partial charge is 0.352 e. The molecule has 2 aromatic carbocycles. The van der Waals surface area contributed by atoms with Gasteiger partial charge in [-0.1, -0.05) is 48.9 Å². The smallest absolute Gasteiger partial charge is 0.226 e. The molecule has 1 amide bonds. The van der Waals surface area contributed by atoms with E-state index >= 15 is 0 Å². The quantitative estimate of drug-likeness (QED) is 0.226. The first kappa shape index (κ1) is 28.6. The highest BCUT2D eigenvalue weighted by molar-refractivity contribution is 7.80. The number of para-hydroxylation sites is 1. The molecule has 6 nitrogen and oxygen atoms in total. The first-order chi connectivity index (χ1) is 19.7. The van der Waals surface area contributed by atoms with Crippen molar-refractivity contribution in [2.75, 3.05) is 11.9 Å². The van der Waals surface area contributed by atoms with Gasteiger partial charge in [0.2, 0.25) is 5.91 Å². The van der Waals surface area contributed by atoms with Crippen molar-refractivity contribution >= 4 is 28.9 Å². The van der Waals surface area contributed by atoms with Crippen LogP contribution in [0.5, 0.6) is 0 Å². The van der Waals surface area contributed by atoms with Crippen molar-refractivity contribution in [1.82, 2.24) is 19.8 Å². The van der Waals surface area contributed by atoms with Crippen LogP contribution in [0.4, 0.5) is 5.69 Å². The Labute approximate surface area is 248 Å². The lowest BCUT2D eigenvalue weighted by atomic mass is 9.96. The third-order valence-corrected chi connectivity index (χ3v) is 8.45. The summed E-state index contributed by atoms with van der Waals surface area (Å²) in [6.45, 7) is 13.4. The number of nitrogens with zero attached hydrogens (tertiary/aromatic N) is 3. The number of rotatable bonds is 8. The van der Waals surface area contributed by atoms with Gasteiger partial charge in [-0.05, 0) is 99.8 Å². The van der Waals surface area contributed by atoms with E-state index in [1.807, 2.05) is 42.6 Å². The van der Waals surface area contributed by atoms with Crippen LogP contribution in [0.2, 0.25) is 0 Å². The summed E-state index contributed by atoms with van der Waals surface area (Å²) in [5.41, 5.74) is 11.4. The van der Waals surface area contributed by atoms with Crippen molar-refractivity contribution in [3.63, 3.8) is 0 Å². The van der Waals surface area contributed by atoms with Crippen LogP contribution in [0, 0.1) is 34.6 Å². The summed E-state index contributed by atoms with van der Waals surface area (Å²) in [7, 11) is 0. The maximum absolute atomic E-state index is 13.1. The maximum Gasteiger partial charge on any atom is 0.226 e. The minimum absolute atomic E-state index is 0.0230. The average molecular weight is 566 g/mol. The number of aryl methyl sites for hydroxylation is 5. The van der Waals surface area contributed by atoms with Crippen LogP contribution in [0.1, 0.15) is 70.3 Å². The molecule has 1 fully saturated rings. The van der Waals surface area contributed by atoms with Gasteiger partial charge in [0, 0.05) is 36.2 Å². The summed E-state index contributed by atoms with van der Waals surface area (Å²) in [4.78, 5) is 20.0. The van der Waals surface area contributed by atoms with E-state index < -0.39 is 0 Å². The molecule has 1 aliphatic heterocycles. The Kier molecular flexibility index (Phi) is 8.27. The number of nitrogens with one attached hydrogen (secondary N) is 2. The van der Waals surface area contributed by atoms with Gasteiger partial charge in [0.15, 0.2) is 5.11 Å². The number of thiocarbonyl (C=S) groups is 1. The minimum Gasteiger partial charge on any atom is -0.352 e. The van der Waals surface area contributed by atoms with Crippen molar-refractivity contribution in [2.45, 2.75) is 66.5 Å². The fraction of sp³-hybridized carbons (Fsp3) is 0.324. The number of anilines is 1. The number of hydrogen-bond acceptors (Lipinski definition) is 3. The second-order valence-corrected chi connectivity index (χ2v) is 11.4. The molecule has 0 unspecified atom stereocenters. The molecule has 4 aromatic rings. The molecule has 0 saturated carbocycles. The molecule has 212 valence electrons. The zero-order valence-corrected chi connectivity index (χ0v) is 25.6. The number of pyridine rings is 1. The summed E-state index contributed by atoms with van der Waals surface area (Å²) in [5, 5.41) is 7.29. The zero-order chi connectivity index (χ0) is 29.3. The molecular weight excluding hydrogens is 526 g/mol. The number of hydrogen-bond donors (Lipinski definition) is 2. The highest BCUT2D eigenvalue weighted by Gasteiger charge is 2.41. The van der Waals surface area contributed by atoms with Crippen LogP contribution in [0.15, 0.2) is 66.9 Å². The number of carbonyl (C=O) groups excluding carboxylic acids is 1. The van der Waals surface area contributed by atoms with Crippen LogP contribution < -0.4 is 10.6 Å². The first-order valence-electron chi connectivity index (χ1n) is 14.3. The summed E-state index contributed by atoms with van der Waals surface area (Å²) in [6.07, 6.45) is 3.00. The SMILES string of the molecule is CCc1ccccc1NC(=O)CCN1C(=S)N[C@H](c2ccccn2)[C@H]1c1cc(C)n(-c2c(C)cc(C)cc2C)c1C. The monoisotopic (exact) mass is 565 g/mol. The standard InChI is InChI=1S/C34H39N5OS/c1-7-26-12-8-9-13-28(26)36-30(40)15-17-38-33(31(37-34(38)41)29-14-10-11-16-35-29)27-20-24(5)39(25(27)6)32-22(3)18-21(2)19-23(32)4/h8-14,16,18-20,31,33H,7,15,17H2,1-6H3,(H,36,40)(H,37,41)/t31-,33-/m1/s1. The molecule has 3 heterocycles. The Balaban J connectivity index is 1.50. The van der Waals surface area contributed by atoms with Crippen molar-refractivity contribution < 1.29 is 4.79 Å². The average Bonchev–Trinajstić information content (AvgIpc) is 3.42. The topological polar surface area (TPSA) is 62.2 Å². The molecule has 0 radical (unpaired) electrons.